The van der Waals surface area contributed by atoms with Crippen LogP contribution in [0.5, 0.6) is 0 Å². The van der Waals surface area contributed by atoms with E-state index in [0.29, 0.717) is 38.0 Å². The summed E-state index contributed by atoms with van der Waals surface area (Å²) in [7, 11) is 0. The second kappa shape index (κ2) is 7.89. The van der Waals surface area contributed by atoms with Gasteiger partial charge in [-0.25, -0.2) is 0 Å². The van der Waals surface area contributed by atoms with Crippen molar-refractivity contribution in [3.05, 3.63) is 69.6 Å². The van der Waals surface area contributed by atoms with Crippen LogP contribution in [-0.2, 0) is 13.0 Å². The number of hydrogen-bond donors (Lipinski definition) is 2. The second-order valence-electron chi connectivity index (χ2n) is 8.04. The van der Waals surface area contributed by atoms with E-state index in [1.165, 1.54) is 23.4 Å². The number of nitrogens with one attached hydrogen (secondary N) is 1. The zero-order valence-corrected chi connectivity index (χ0v) is 16.1. The summed E-state index contributed by atoms with van der Waals surface area (Å²) >= 11 is 0. The minimum absolute atomic E-state index is 0.0904. The molecule has 1 fully saturated rings. The van der Waals surface area contributed by atoms with Crippen LogP contribution < -0.4 is 5.56 Å². The van der Waals surface area contributed by atoms with Crippen LogP contribution >= 0.6 is 0 Å². The Bertz CT molecular complexity index is 889. The number of carbonyl (C=O) groups is 1. The molecule has 2 aromatic rings. The van der Waals surface area contributed by atoms with Crippen molar-refractivity contribution in [2.24, 2.45) is 0 Å². The van der Waals surface area contributed by atoms with Gasteiger partial charge in [0.2, 0.25) is 5.56 Å². The van der Waals surface area contributed by atoms with Crippen LogP contribution in [0.15, 0.2) is 47.4 Å². The largest absolute Gasteiger partial charge is 0.388 e. The highest BCUT2D eigenvalue weighted by molar-refractivity contribution is 5.93. The molecule has 28 heavy (non-hydrogen) atoms. The molecule has 0 saturated carbocycles. The summed E-state index contributed by atoms with van der Waals surface area (Å²) in [5.74, 6) is -0.0904. The molecular formula is C22H27N3O3. The van der Waals surface area contributed by atoms with Crippen molar-refractivity contribution in [3.8, 4) is 0 Å². The van der Waals surface area contributed by atoms with Gasteiger partial charge in [0.05, 0.1) is 11.2 Å². The summed E-state index contributed by atoms with van der Waals surface area (Å²) in [6, 6.07) is 11.4. The molecule has 0 spiro atoms. The Kier molecular flexibility index (Phi) is 5.33. The molecular weight excluding hydrogens is 354 g/mol. The molecule has 2 aliphatic rings. The van der Waals surface area contributed by atoms with E-state index in [9.17, 15) is 14.7 Å². The lowest BCUT2D eigenvalue weighted by Crippen LogP contribution is -2.45. The predicted molar refractivity (Wildman–Crippen MR) is 107 cm³/mol. The van der Waals surface area contributed by atoms with Crippen LogP contribution in [0, 0.1) is 0 Å². The Morgan fingerprint density at radius 3 is 2.68 bits per heavy atom. The highest BCUT2D eigenvalue weighted by atomic mass is 16.3. The lowest BCUT2D eigenvalue weighted by molar-refractivity contribution is -0.0118. The SMILES string of the molecule is O=C(c1ccc(=O)[nH]c1)N1CCC[C@@](O)(CN2CCc3ccccc3C2)CC1. The number of fused-ring (bicyclic) bond motifs is 1. The Balaban J connectivity index is 1.38. The smallest absolute Gasteiger partial charge is 0.255 e. The van der Waals surface area contributed by atoms with Gasteiger partial charge in [0.25, 0.3) is 5.91 Å². The average Bonchev–Trinajstić information content (AvgIpc) is 2.89. The van der Waals surface area contributed by atoms with Gasteiger partial charge in [0.1, 0.15) is 0 Å². The first-order valence-electron chi connectivity index (χ1n) is 10.0. The van der Waals surface area contributed by atoms with Crippen molar-refractivity contribution in [1.29, 1.82) is 0 Å². The maximum Gasteiger partial charge on any atom is 0.255 e. The Labute approximate surface area is 164 Å². The second-order valence-corrected chi connectivity index (χ2v) is 8.04. The number of pyridine rings is 1. The fraction of sp³-hybridized carbons (Fsp3) is 0.455. The molecule has 4 rings (SSSR count). The van der Waals surface area contributed by atoms with E-state index in [-0.39, 0.29) is 11.5 Å². The molecule has 148 valence electrons. The number of hydrogen-bond acceptors (Lipinski definition) is 4. The van der Waals surface area contributed by atoms with E-state index in [1.807, 2.05) is 0 Å². The van der Waals surface area contributed by atoms with Crippen LogP contribution in [0.3, 0.4) is 0 Å². The average molecular weight is 381 g/mol. The van der Waals surface area contributed by atoms with Gasteiger partial charge in [-0.05, 0) is 42.9 Å². The number of β-amino-alcohol motifs (C(OH)–C–C–N with tert-alkyl or cyclic N) is 1. The molecule has 1 aromatic carbocycles. The highest BCUT2D eigenvalue weighted by Gasteiger charge is 2.34. The number of H-pyrrole nitrogens is 1. The molecule has 1 amide bonds. The van der Waals surface area contributed by atoms with Gasteiger partial charge in [0.15, 0.2) is 0 Å². The van der Waals surface area contributed by atoms with Crippen molar-refractivity contribution in [3.63, 3.8) is 0 Å². The van der Waals surface area contributed by atoms with Gasteiger partial charge in [-0.3, -0.25) is 14.5 Å². The van der Waals surface area contributed by atoms with Crippen molar-refractivity contribution < 1.29 is 9.90 Å². The lowest BCUT2D eigenvalue weighted by Gasteiger charge is -2.36. The topological polar surface area (TPSA) is 76.6 Å². The monoisotopic (exact) mass is 381 g/mol. The lowest BCUT2D eigenvalue weighted by atomic mass is 9.92. The van der Waals surface area contributed by atoms with Gasteiger partial charge < -0.3 is 15.0 Å². The van der Waals surface area contributed by atoms with Crippen LogP contribution in [0.2, 0.25) is 0 Å². The number of amides is 1. The first-order valence-corrected chi connectivity index (χ1v) is 10.0. The van der Waals surface area contributed by atoms with Gasteiger partial charge in [-0.1, -0.05) is 24.3 Å². The third-order valence-electron chi connectivity index (χ3n) is 5.96. The molecule has 1 aromatic heterocycles. The highest BCUT2D eigenvalue weighted by Crippen LogP contribution is 2.27. The number of carbonyl (C=O) groups excluding carboxylic acids is 1. The Hall–Kier alpha value is -2.44. The summed E-state index contributed by atoms with van der Waals surface area (Å²) in [4.78, 5) is 30.6. The van der Waals surface area contributed by atoms with Crippen LogP contribution in [-0.4, -0.2) is 57.6 Å². The van der Waals surface area contributed by atoms with Gasteiger partial charge in [0, 0.05) is 45.0 Å². The molecule has 2 aliphatic heterocycles. The van der Waals surface area contributed by atoms with E-state index in [0.717, 1.165) is 25.9 Å². The first-order chi connectivity index (χ1) is 13.5. The minimum Gasteiger partial charge on any atom is -0.388 e. The van der Waals surface area contributed by atoms with Crippen LogP contribution in [0.4, 0.5) is 0 Å². The molecule has 6 heteroatoms. The molecule has 2 N–H and O–H groups in total. The van der Waals surface area contributed by atoms with Crippen molar-refractivity contribution in [2.45, 2.75) is 37.8 Å². The van der Waals surface area contributed by atoms with Gasteiger partial charge in [-0.2, -0.15) is 0 Å². The number of aromatic nitrogens is 1. The fourth-order valence-electron chi connectivity index (χ4n) is 4.37. The van der Waals surface area contributed by atoms with Crippen molar-refractivity contribution >= 4 is 5.91 Å². The summed E-state index contributed by atoms with van der Waals surface area (Å²) in [6.45, 7) is 3.63. The summed E-state index contributed by atoms with van der Waals surface area (Å²) in [5, 5.41) is 11.2. The molecule has 1 atom stereocenters. The zero-order valence-electron chi connectivity index (χ0n) is 16.1. The molecule has 1 saturated heterocycles. The van der Waals surface area contributed by atoms with Crippen molar-refractivity contribution in [2.75, 3.05) is 26.2 Å². The zero-order chi connectivity index (χ0) is 19.6. The molecule has 6 nitrogen and oxygen atoms in total. The molecule has 0 bridgehead atoms. The van der Waals surface area contributed by atoms with Crippen LogP contribution in [0.1, 0.15) is 40.7 Å². The summed E-state index contributed by atoms with van der Waals surface area (Å²) in [6.07, 6.45) is 4.52. The normalized spacial score (nSPS) is 23.1. The van der Waals surface area contributed by atoms with E-state index < -0.39 is 5.60 Å². The standard InChI is InChI=1S/C22H27N3O3/c26-20-7-6-18(14-23-20)21(27)25-11-3-9-22(28,10-13-25)16-24-12-8-17-4-1-2-5-19(17)15-24/h1-2,4-7,14,28H,3,8-13,15-16H2,(H,23,26)/t22-/m0/s1. The van der Waals surface area contributed by atoms with E-state index in [1.54, 1.807) is 11.0 Å². The number of nitrogens with zero attached hydrogens (tertiary/aromatic N) is 2. The van der Waals surface area contributed by atoms with Crippen molar-refractivity contribution in [1.82, 2.24) is 14.8 Å². The summed E-state index contributed by atoms with van der Waals surface area (Å²) in [5.41, 5.74) is 2.25. The maximum atomic E-state index is 12.7. The number of likely N-dealkylation sites (tertiary alicyclic amines) is 1. The van der Waals surface area contributed by atoms with E-state index in [4.69, 9.17) is 0 Å². The fourth-order valence-corrected chi connectivity index (χ4v) is 4.37. The van der Waals surface area contributed by atoms with Crippen LogP contribution in [0.25, 0.3) is 0 Å². The first kappa shape index (κ1) is 18.9. The minimum atomic E-state index is -0.772. The van der Waals surface area contributed by atoms with Gasteiger partial charge >= 0.3 is 0 Å². The van der Waals surface area contributed by atoms with E-state index >= 15 is 0 Å². The molecule has 0 aliphatic carbocycles. The molecule has 3 heterocycles. The third-order valence-corrected chi connectivity index (χ3v) is 5.96. The molecule has 0 unspecified atom stereocenters. The van der Waals surface area contributed by atoms with E-state index in [2.05, 4.69) is 34.1 Å². The maximum absolute atomic E-state index is 12.7. The summed E-state index contributed by atoms with van der Waals surface area (Å²) < 4.78 is 0. The third kappa shape index (κ3) is 4.18. The molecule has 0 radical (unpaired) electrons. The Morgan fingerprint density at radius 1 is 1.07 bits per heavy atom. The predicted octanol–water partition coefficient (Wildman–Crippen LogP) is 1.79. The number of rotatable bonds is 3. The number of benzene rings is 1. The Morgan fingerprint density at radius 2 is 1.89 bits per heavy atom. The quantitative estimate of drug-likeness (QED) is 0.850. The number of aliphatic hydroxyl groups is 1. The number of aromatic amines is 1. The van der Waals surface area contributed by atoms with Gasteiger partial charge in [-0.15, -0.1) is 0 Å².